The summed E-state index contributed by atoms with van der Waals surface area (Å²) in [5, 5.41) is 8.68. The number of aromatic nitrogens is 3. The van der Waals surface area contributed by atoms with Gasteiger partial charge < -0.3 is 9.64 Å². The maximum absolute atomic E-state index is 12.8. The van der Waals surface area contributed by atoms with Gasteiger partial charge in [0, 0.05) is 31.7 Å². The molecule has 7 nitrogen and oxygen atoms in total. The number of carbonyl (C=O) groups excluding carboxylic acids is 1. The zero-order valence-corrected chi connectivity index (χ0v) is 17.2. The van der Waals surface area contributed by atoms with Crippen molar-refractivity contribution in [3.8, 4) is 17.0 Å². The minimum atomic E-state index is 0.107. The normalized spacial score (nSPS) is 25.6. The fraction of sp³-hybridized carbons (Fsp3) is 0.500. The quantitative estimate of drug-likeness (QED) is 0.673. The van der Waals surface area contributed by atoms with Gasteiger partial charge in [-0.05, 0) is 49.6 Å². The summed E-state index contributed by atoms with van der Waals surface area (Å²) in [5.41, 5.74) is 1.89. The van der Waals surface area contributed by atoms with Crippen LogP contribution in [0.5, 0.6) is 5.75 Å². The van der Waals surface area contributed by atoms with Crippen molar-refractivity contribution in [3.05, 3.63) is 43.1 Å². The van der Waals surface area contributed by atoms with Crippen LogP contribution in [0.4, 0.5) is 0 Å². The second-order valence-corrected chi connectivity index (χ2v) is 8.10. The number of fused-ring (bicyclic) bond motifs is 3. The molecule has 1 aromatic heterocycles. The number of hydrogen-bond acceptors (Lipinski definition) is 5. The summed E-state index contributed by atoms with van der Waals surface area (Å²) in [6.07, 6.45) is 5.93. The number of piperidine rings is 3. The molecule has 29 heavy (non-hydrogen) atoms. The number of amides is 1. The van der Waals surface area contributed by atoms with Crippen LogP contribution in [0.2, 0.25) is 0 Å². The average Bonchev–Trinajstić information content (AvgIpc) is 3.22. The van der Waals surface area contributed by atoms with Crippen LogP contribution in [0, 0.1) is 11.8 Å². The SMILES string of the molecule is C=CCN(C)C(=O)[C@@H]1CN2CC[C@H]1C[C@@H]2Cn1cc(-c2ccc(OC)cc2)nn1. The number of likely N-dealkylation sites (N-methyl/N-ethyl adjacent to an activating group) is 1. The Morgan fingerprint density at radius 3 is 2.83 bits per heavy atom. The molecule has 1 amide bonds. The van der Waals surface area contributed by atoms with Crippen molar-refractivity contribution in [2.45, 2.75) is 25.4 Å². The van der Waals surface area contributed by atoms with Crippen LogP contribution in [-0.4, -0.2) is 70.5 Å². The van der Waals surface area contributed by atoms with Crippen molar-refractivity contribution in [3.63, 3.8) is 0 Å². The van der Waals surface area contributed by atoms with Crippen LogP contribution in [-0.2, 0) is 11.3 Å². The molecule has 4 heterocycles. The number of carbonyl (C=O) groups is 1. The Balaban J connectivity index is 1.40. The smallest absolute Gasteiger partial charge is 0.227 e. The van der Waals surface area contributed by atoms with Crippen LogP contribution < -0.4 is 4.74 Å². The van der Waals surface area contributed by atoms with Gasteiger partial charge in [-0.2, -0.15) is 0 Å². The highest BCUT2D eigenvalue weighted by Crippen LogP contribution is 2.37. The molecular formula is C22H29N5O2. The number of rotatable bonds is 7. The van der Waals surface area contributed by atoms with Crippen molar-refractivity contribution in [1.82, 2.24) is 24.8 Å². The Morgan fingerprint density at radius 2 is 2.17 bits per heavy atom. The van der Waals surface area contributed by atoms with E-state index in [2.05, 4.69) is 21.8 Å². The summed E-state index contributed by atoms with van der Waals surface area (Å²) in [4.78, 5) is 17.0. The zero-order chi connectivity index (χ0) is 20.4. The Labute approximate surface area is 171 Å². The Kier molecular flexibility index (Phi) is 5.67. The van der Waals surface area contributed by atoms with Gasteiger partial charge in [-0.3, -0.25) is 14.4 Å². The minimum Gasteiger partial charge on any atom is -0.497 e. The van der Waals surface area contributed by atoms with Crippen LogP contribution >= 0.6 is 0 Å². The number of benzene rings is 1. The van der Waals surface area contributed by atoms with E-state index in [0.29, 0.717) is 18.5 Å². The van der Waals surface area contributed by atoms with Gasteiger partial charge in [0.25, 0.3) is 0 Å². The van der Waals surface area contributed by atoms with Gasteiger partial charge in [0.2, 0.25) is 5.91 Å². The summed E-state index contributed by atoms with van der Waals surface area (Å²) in [7, 11) is 3.53. The molecule has 154 valence electrons. The van der Waals surface area contributed by atoms with E-state index < -0.39 is 0 Å². The number of methoxy groups -OCH3 is 1. The van der Waals surface area contributed by atoms with E-state index in [1.54, 1.807) is 18.1 Å². The highest BCUT2D eigenvalue weighted by atomic mass is 16.5. The molecule has 2 bridgehead atoms. The summed E-state index contributed by atoms with van der Waals surface area (Å²) in [6, 6.07) is 8.26. The molecular weight excluding hydrogens is 366 g/mol. The average molecular weight is 396 g/mol. The van der Waals surface area contributed by atoms with Gasteiger partial charge in [0.05, 0.1) is 25.8 Å². The second kappa shape index (κ2) is 8.37. The van der Waals surface area contributed by atoms with Crippen molar-refractivity contribution in [2.24, 2.45) is 11.8 Å². The van der Waals surface area contributed by atoms with E-state index in [0.717, 1.165) is 49.5 Å². The molecule has 0 N–H and O–H groups in total. The Bertz CT molecular complexity index is 862. The van der Waals surface area contributed by atoms with E-state index >= 15 is 0 Å². The van der Waals surface area contributed by atoms with E-state index in [1.807, 2.05) is 42.2 Å². The Morgan fingerprint density at radius 1 is 1.38 bits per heavy atom. The zero-order valence-electron chi connectivity index (χ0n) is 17.2. The van der Waals surface area contributed by atoms with Crippen LogP contribution in [0.25, 0.3) is 11.3 Å². The van der Waals surface area contributed by atoms with Crippen LogP contribution in [0.3, 0.4) is 0 Å². The lowest BCUT2D eigenvalue weighted by molar-refractivity contribution is -0.142. The largest absolute Gasteiger partial charge is 0.497 e. The third kappa shape index (κ3) is 4.05. The topological polar surface area (TPSA) is 63.5 Å². The van der Waals surface area contributed by atoms with Crippen molar-refractivity contribution >= 4 is 5.91 Å². The highest BCUT2D eigenvalue weighted by Gasteiger charge is 2.44. The van der Waals surface area contributed by atoms with E-state index in [4.69, 9.17) is 4.74 Å². The van der Waals surface area contributed by atoms with Crippen molar-refractivity contribution in [2.75, 3.05) is 33.8 Å². The van der Waals surface area contributed by atoms with E-state index in [-0.39, 0.29) is 11.8 Å². The summed E-state index contributed by atoms with van der Waals surface area (Å²) >= 11 is 0. The molecule has 0 radical (unpaired) electrons. The first-order valence-electron chi connectivity index (χ1n) is 10.2. The molecule has 5 rings (SSSR count). The third-order valence-electron chi connectivity index (χ3n) is 6.30. The summed E-state index contributed by atoms with van der Waals surface area (Å²) in [5.74, 6) is 1.64. The number of nitrogens with zero attached hydrogens (tertiary/aromatic N) is 5. The fourth-order valence-corrected chi connectivity index (χ4v) is 4.67. The molecule has 7 heteroatoms. The molecule has 1 unspecified atom stereocenters. The molecule has 3 aliphatic heterocycles. The lowest BCUT2D eigenvalue weighted by Gasteiger charge is -2.49. The van der Waals surface area contributed by atoms with Gasteiger partial charge in [0.1, 0.15) is 11.4 Å². The number of ether oxygens (including phenoxy) is 1. The molecule has 3 saturated heterocycles. The minimum absolute atomic E-state index is 0.107. The molecule has 4 atom stereocenters. The van der Waals surface area contributed by atoms with Gasteiger partial charge in [-0.25, -0.2) is 0 Å². The maximum atomic E-state index is 12.8. The fourth-order valence-electron chi connectivity index (χ4n) is 4.67. The molecule has 3 aliphatic rings. The van der Waals surface area contributed by atoms with Gasteiger partial charge in [-0.1, -0.05) is 11.3 Å². The molecule has 0 aliphatic carbocycles. The molecule has 1 aromatic carbocycles. The monoisotopic (exact) mass is 395 g/mol. The van der Waals surface area contributed by atoms with Gasteiger partial charge in [-0.15, -0.1) is 11.7 Å². The lowest BCUT2D eigenvalue weighted by atomic mass is 9.75. The first kappa shape index (κ1) is 19.6. The summed E-state index contributed by atoms with van der Waals surface area (Å²) in [6.45, 7) is 7.06. The standard InChI is InChI=1S/C22H29N5O2/c1-4-10-25(2)22(28)20-14-26-11-9-17(20)12-18(26)13-27-15-21(23-24-27)16-5-7-19(29-3)8-6-16/h4-8,15,17-18,20H,1,9-14H2,2-3H3/t17-,18+,20+/m0/s1. The Hall–Kier alpha value is -2.67. The molecule has 0 saturated carbocycles. The first-order chi connectivity index (χ1) is 14.1. The first-order valence-corrected chi connectivity index (χ1v) is 10.2. The second-order valence-electron chi connectivity index (χ2n) is 8.10. The molecule has 0 spiro atoms. The summed E-state index contributed by atoms with van der Waals surface area (Å²) < 4.78 is 7.15. The maximum Gasteiger partial charge on any atom is 0.227 e. The van der Waals surface area contributed by atoms with Crippen LogP contribution in [0.1, 0.15) is 12.8 Å². The molecule has 2 aromatic rings. The van der Waals surface area contributed by atoms with Crippen molar-refractivity contribution in [1.29, 1.82) is 0 Å². The molecule has 3 fully saturated rings. The lowest BCUT2D eigenvalue weighted by Crippen LogP contribution is -2.58. The van der Waals surface area contributed by atoms with Crippen LogP contribution in [0.15, 0.2) is 43.1 Å². The predicted octanol–water partition coefficient (Wildman–Crippen LogP) is 2.31. The van der Waals surface area contributed by atoms with Gasteiger partial charge >= 0.3 is 0 Å². The van der Waals surface area contributed by atoms with E-state index in [9.17, 15) is 4.79 Å². The highest BCUT2D eigenvalue weighted by molar-refractivity contribution is 5.79. The predicted molar refractivity (Wildman–Crippen MR) is 111 cm³/mol. The number of hydrogen-bond donors (Lipinski definition) is 0. The van der Waals surface area contributed by atoms with Gasteiger partial charge in [0.15, 0.2) is 0 Å². The van der Waals surface area contributed by atoms with Crippen molar-refractivity contribution < 1.29 is 9.53 Å². The third-order valence-corrected chi connectivity index (χ3v) is 6.30. The van der Waals surface area contributed by atoms with E-state index in [1.165, 1.54) is 0 Å².